The Hall–Kier alpha value is -1.26. The van der Waals surface area contributed by atoms with Crippen LogP contribution in [-0.2, 0) is 16.0 Å². The van der Waals surface area contributed by atoms with Gasteiger partial charge in [-0.1, -0.05) is 31.4 Å². The highest BCUT2D eigenvalue weighted by atomic mass is 35.5. The van der Waals surface area contributed by atoms with Crippen molar-refractivity contribution in [1.29, 1.82) is 0 Å². The Bertz CT molecular complexity index is 458. The highest BCUT2D eigenvalue weighted by molar-refractivity contribution is 5.85. The smallest absolute Gasteiger partial charge is 0.323 e. The highest BCUT2D eigenvalue weighted by Crippen LogP contribution is 2.24. The van der Waals surface area contributed by atoms with E-state index in [2.05, 4.69) is 0 Å². The minimum atomic E-state index is -0.603. The SMILES string of the molecule is CCOC(=O)[C@@H](N)Cc1ccc(OCC2CCCCC2)cc1.Cl. The second-order valence-electron chi connectivity index (χ2n) is 6.02. The van der Waals surface area contributed by atoms with Gasteiger partial charge in [-0.2, -0.15) is 0 Å². The van der Waals surface area contributed by atoms with E-state index in [1.54, 1.807) is 6.92 Å². The molecule has 1 aromatic rings. The van der Waals surface area contributed by atoms with Gasteiger partial charge in [0, 0.05) is 0 Å². The maximum atomic E-state index is 11.5. The van der Waals surface area contributed by atoms with Crippen LogP contribution in [0.1, 0.15) is 44.6 Å². The predicted octanol–water partition coefficient (Wildman–Crippen LogP) is 3.50. The molecule has 0 radical (unpaired) electrons. The van der Waals surface area contributed by atoms with Gasteiger partial charge in [0.05, 0.1) is 13.2 Å². The summed E-state index contributed by atoms with van der Waals surface area (Å²) in [6, 6.07) is 7.24. The molecule has 1 fully saturated rings. The quantitative estimate of drug-likeness (QED) is 0.771. The molecule has 1 aliphatic carbocycles. The summed E-state index contributed by atoms with van der Waals surface area (Å²) in [6.45, 7) is 2.95. The zero-order valence-corrected chi connectivity index (χ0v) is 14.6. The molecule has 0 unspecified atom stereocenters. The van der Waals surface area contributed by atoms with E-state index in [0.29, 0.717) is 18.9 Å². The third kappa shape index (κ3) is 6.80. The van der Waals surface area contributed by atoms with Gasteiger partial charge in [-0.05, 0) is 49.8 Å². The van der Waals surface area contributed by atoms with Crippen LogP contribution in [0.15, 0.2) is 24.3 Å². The lowest BCUT2D eigenvalue weighted by Gasteiger charge is -2.21. The Morgan fingerprint density at radius 2 is 1.87 bits per heavy atom. The van der Waals surface area contributed by atoms with Crippen LogP contribution in [-0.4, -0.2) is 25.2 Å². The van der Waals surface area contributed by atoms with E-state index in [1.165, 1.54) is 32.1 Å². The van der Waals surface area contributed by atoms with Crippen molar-refractivity contribution in [3.8, 4) is 5.75 Å². The maximum Gasteiger partial charge on any atom is 0.323 e. The lowest BCUT2D eigenvalue weighted by atomic mass is 9.90. The topological polar surface area (TPSA) is 61.5 Å². The molecule has 1 saturated carbocycles. The van der Waals surface area contributed by atoms with Crippen molar-refractivity contribution in [1.82, 2.24) is 0 Å². The van der Waals surface area contributed by atoms with Crippen LogP contribution >= 0.6 is 12.4 Å². The van der Waals surface area contributed by atoms with Crippen LogP contribution in [0.25, 0.3) is 0 Å². The summed E-state index contributed by atoms with van der Waals surface area (Å²) >= 11 is 0. The number of rotatable bonds is 7. The first kappa shape index (κ1) is 19.8. The largest absolute Gasteiger partial charge is 0.493 e. The lowest BCUT2D eigenvalue weighted by Crippen LogP contribution is -2.34. The van der Waals surface area contributed by atoms with Crippen molar-refractivity contribution in [3.05, 3.63) is 29.8 Å². The molecule has 2 rings (SSSR count). The fraction of sp³-hybridized carbons (Fsp3) is 0.611. The van der Waals surface area contributed by atoms with E-state index in [9.17, 15) is 4.79 Å². The van der Waals surface area contributed by atoms with Gasteiger partial charge in [-0.25, -0.2) is 0 Å². The first-order valence-electron chi connectivity index (χ1n) is 8.33. The van der Waals surface area contributed by atoms with E-state index in [4.69, 9.17) is 15.2 Å². The van der Waals surface area contributed by atoms with Gasteiger partial charge < -0.3 is 15.2 Å². The second kappa shape index (κ2) is 10.5. The Kier molecular flexibility index (Phi) is 9.03. The summed E-state index contributed by atoms with van der Waals surface area (Å²) in [5.41, 5.74) is 6.84. The van der Waals surface area contributed by atoms with Crippen LogP contribution < -0.4 is 10.5 Å². The molecule has 4 nitrogen and oxygen atoms in total. The number of nitrogens with two attached hydrogens (primary N) is 1. The Morgan fingerprint density at radius 3 is 2.48 bits per heavy atom. The summed E-state index contributed by atoms with van der Waals surface area (Å²) in [4.78, 5) is 11.5. The van der Waals surface area contributed by atoms with Gasteiger partial charge in [0.15, 0.2) is 0 Å². The number of halogens is 1. The minimum absolute atomic E-state index is 0. The van der Waals surface area contributed by atoms with Crippen molar-refractivity contribution in [2.75, 3.05) is 13.2 Å². The zero-order chi connectivity index (χ0) is 15.8. The molecule has 2 N–H and O–H groups in total. The summed E-state index contributed by atoms with van der Waals surface area (Å²) < 4.78 is 10.8. The third-order valence-corrected chi connectivity index (χ3v) is 4.18. The molecule has 0 saturated heterocycles. The lowest BCUT2D eigenvalue weighted by molar-refractivity contribution is -0.144. The zero-order valence-electron chi connectivity index (χ0n) is 13.8. The normalized spacial score (nSPS) is 16.3. The molecule has 0 bridgehead atoms. The van der Waals surface area contributed by atoms with Crippen molar-refractivity contribution in [2.24, 2.45) is 11.7 Å². The van der Waals surface area contributed by atoms with E-state index >= 15 is 0 Å². The van der Waals surface area contributed by atoms with Gasteiger partial charge in [0.1, 0.15) is 11.8 Å². The molecule has 0 spiro atoms. The molecule has 1 aromatic carbocycles. The fourth-order valence-corrected chi connectivity index (χ4v) is 2.88. The van der Waals surface area contributed by atoms with Crippen LogP contribution in [0.2, 0.25) is 0 Å². The monoisotopic (exact) mass is 341 g/mol. The Morgan fingerprint density at radius 1 is 1.22 bits per heavy atom. The first-order valence-corrected chi connectivity index (χ1v) is 8.33. The predicted molar refractivity (Wildman–Crippen MR) is 94.1 cm³/mol. The third-order valence-electron chi connectivity index (χ3n) is 4.18. The summed E-state index contributed by atoms with van der Waals surface area (Å²) in [5, 5.41) is 0. The van der Waals surface area contributed by atoms with Crippen molar-refractivity contribution < 1.29 is 14.3 Å². The minimum Gasteiger partial charge on any atom is -0.493 e. The molecule has 130 valence electrons. The molecule has 1 atom stereocenters. The fourth-order valence-electron chi connectivity index (χ4n) is 2.88. The van der Waals surface area contributed by atoms with Gasteiger partial charge in [0.2, 0.25) is 0 Å². The van der Waals surface area contributed by atoms with E-state index in [-0.39, 0.29) is 18.4 Å². The van der Waals surface area contributed by atoms with E-state index < -0.39 is 6.04 Å². The van der Waals surface area contributed by atoms with Crippen LogP contribution in [0.3, 0.4) is 0 Å². The van der Waals surface area contributed by atoms with Crippen LogP contribution in [0.4, 0.5) is 0 Å². The van der Waals surface area contributed by atoms with Gasteiger partial charge in [-0.15, -0.1) is 12.4 Å². The standard InChI is InChI=1S/C18H27NO3.ClH/c1-2-21-18(20)17(19)12-14-8-10-16(11-9-14)22-13-15-6-4-3-5-7-15;/h8-11,15,17H,2-7,12-13,19H2,1H3;1H/t17-;/m0./s1. The Balaban J connectivity index is 0.00000264. The number of carbonyl (C=O) groups excluding carboxylic acids is 1. The van der Waals surface area contributed by atoms with Crippen LogP contribution in [0.5, 0.6) is 5.75 Å². The molecule has 1 aliphatic rings. The van der Waals surface area contributed by atoms with Gasteiger partial charge in [0.25, 0.3) is 0 Å². The van der Waals surface area contributed by atoms with Crippen molar-refractivity contribution in [3.63, 3.8) is 0 Å². The number of carbonyl (C=O) groups is 1. The molecule has 0 heterocycles. The van der Waals surface area contributed by atoms with Crippen LogP contribution in [0, 0.1) is 5.92 Å². The molecule has 5 heteroatoms. The molecule has 0 aromatic heterocycles. The van der Waals surface area contributed by atoms with Gasteiger partial charge in [-0.3, -0.25) is 4.79 Å². The first-order chi connectivity index (χ1) is 10.7. The number of hydrogen-bond acceptors (Lipinski definition) is 4. The summed E-state index contributed by atoms with van der Waals surface area (Å²) in [6.07, 6.45) is 7.09. The summed E-state index contributed by atoms with van der Waals surface area (Å²) in [7, 11) is 0. The molecule has 0 aliphatic heterocycles. The molecular formula is C18H28ClNO3. The number of hydrogen-bond donors (Lipinski definition) is 1. The number of benzene rings is 1. The summed E-state index contributed by atoms with van der Waals surface area (Å²) in [5.74, 6) is 1.24. The molecular weight excluding hydrogens is 314 g/mol. The Labute approximate surface area is 145 Å². The second-order valence-corrected chi connectivity index (χ2v) is 6.02. The average Bonchev–Trinajstić information content (AvgIpc) is 2.55. The van der Waals surface area contributed by atoms with Crippen molar-refractivity contribution in [2.45, 2.75) is 51.5 Å². The van der Waals surface area contributed by atoms with E-state index in [1.807, 2.05) is 24.3 Å². The number of ether oxygens (including phenoxy) is 2. The molecule has 0 amide bonds. The maximum absolute atomic E-state index is 11.5. The average molecular weight is 342 g/mol. The number of esters is 1. The highest BCUT2D eigenvalue weighted by Gasteiger charge is 2.16. The van der Waals surface area contributed by atoms with Crippen molar-refractivity contribution >= 4 is 18.4 Å². The molecule has 23 heavy (non-hydrogen) atoms. The van der Waals surface area contributed by atoms with E-state index in [0.717, 1.165) is 17.9 Å². The van der Waals surface area contributed by atoms with Gasteiger partial charge >= 0.3 is 5.97 Å².